The Morgan fingerprint density at radius 2 is 2.21 bits per heavy atom. The van der Waals surface area contributed by atoms with Crippen LogP contribution in [0.25, 0.3) is 11.2 Å². The Morgan fingerprint density at radius 3 is 2.84 bits per heavy atom. The molecule has 1 fully saturated rings. The summed E-state index contributed by atoms with van der Waals surface area (Å²) in [6.07, 6.45) is 7.11. The number of aromatic nitrogens is 3. The summed E-state index contributed by atoms with van der Waals surface area (Å²) in [4.78, 5) is 19.9. The van der Waals surface area contributed by atoms with Crippen molar-refractivity contribution in [3.8, 4) is 0 Å². The van der Waals surface area contributed by atoms with Crippen molar-refractivity contribution in [2.75, 3.05) is 0 Å². The second-order valence-corrected chi connectivity index (χ2v) is 5.06. The molecule has 1 aliphatic carbocycles. The Kier molecular flexibility index (Phi) is 2.97. The van der Waals surface area contributed by atoms with Gasteiger partial charge in [-0.05, 0) is 18.9 Å². The fourth-order valence-corrected chi connectivity index (χ4v) is 2.94. The summed E-state index contributed by atoms with van der Waals surface area (Å²) in [5, 5.41) is 9.01. The molecule has 3 rings (SSSR count). The smallest absolute Gasteiger partial charge is 0.337 e. The summed E-state index contributed by atoms with van der Waals surface area (Å²) >= 11 is 0. The number of hydrogen-bond acceptors (Lipinski definition) is 3. The van der Waals surface area contributed by atoms with Gasteiger partial charge in [0.15, 0.2) is 5.65 Å². The number of pyridine rings is 1. The first-order valence-corrected chi connectivity index (χ1v) is 6.81. The van der Waals surface area contributed by atoms with Gasteiger partial charge >= 0.3 is 5.97 Å². The van der Waals surface area contributed by atoms with Crippen molar-refractivity contribution < 1.29 is 9.90 Å². The van der Waals surface area contributed by atoms with E-state index in [2.05, 4.69) is 21.5 Å². The molecule has 0 radical (unpaired) electrons. The Bertz CT molecular complexity index is 627. The topological polar surface area (TPSA) is 68.0 Å². The summed E-state index contributed by atoms with van der Waals surface area (Å²) < 4.78 is 2.22. The number of carboxylic acid groups (broad SMARTS) is 1. The minimum absolute atomic E-state index is 0.200. The van der Waals surface area contributed by atoms with Crippen LogP contribution >= 0.6 is 0 Å². The predicted octanol–water partition coefficient (Wildman–Crippen LogP) is 2.81. The lowest BCUT2D eigenvalue weighted by molar-refractivity contribution is 0.0696. The Labute approximate surface area is 111 Å². The van der Waals surface area contributed by atoms with E-state index >= 15 is 0 Å². The number of aromatic carboxylic acids is 1. The highest BCUT2D eigenvalue weighted by atomic mass is 16.4. The fraction of sp³-hybridized carbons (Fsp3) is 0.500. The monoisotopic (exact) mass is 259 g/mol. The molecule has 0 aliphatic heterocycles. The van der Waals surface area contributed by atoms with Crippen molar-refractivity contribution >= 4 is 17.1 Å². The van der Waals surface area contributed by atoms with Crippen LogP contribution in [-0.4, -0.2) is 25.6 Å². The normalized spacial score (nSPS) is 16.3. The van der Waals surface area contributed by atoms with Crippen molar-refractivity contribution in [1.82, 2.24) is 14.5 Å². The largest absolute Gasteiger partial charge is 0.478 e. The molecule has 5 nitrogen and oxygen atoms in total. The SMILES string of the molecule is CCc1nc2cc(C(=O)O)cnc2n1C1CCCC1. The van der Waals surface area contributed by atoms with Crippen molar-refractivity contribution in [3.63, 3.8) is 0 Å². The zero-order chi connectivity index (χ0) is 13.4. The number of rotatable bonds is 3. The summed E-state index contributed by atoms with van der Waals surface area (Å²) in [5.74, 6) is 0.0554. The molecule has 1 N–H and O–H groups in total. The van der Waals surface area contributed by atoms with Crippen molar-refractivity contribution in [2.45, 2.75) is 45.1 Å². The van der Waals surface area contributed by atoms with Gasteiger partial charge in [-0.25, -0.2) is 14.8 Å². The van der Waals surface area contributed by atoms with Crippen molar-refractivity contribution in [2.24, 2.45) is 0 Å². The van der Waals surface area contributed by atoms with Gasteiger partial charge in [-0.1, -0.05) is 19.8 Å². The zero-order valence-corrected chi connectivity index (χ0v) is 11.0. The van der Waals surface area contributed by atoms with Gasteiger partial charge in [0.2, 0.25) is 0 Å². The molecule has 0 amide bonds. The molecular weight excluding hydrogens is 242 g/mol. The van der Waals surface area contributed by atoms with E-state index in [0.717, 1.165) is 17.9 Å². The van der Waals surface area contributed by atoms with Crippen molar-refractivity contribution in [3.05, 3.63) is 23.7 Å². The first-order chi connectivity index (χ1) is 9.20. The summed E-state index contributed by atoms with van der Waals surface area (Å²) in [6.45, 7) is 2.07. The molecule has 0 aromatic carbocycles. The van der Waals surface area contributed by atoms with Gasteiger partial charge in [0.05, 0.1) is 5.56 Å². The maximum Gasteiger partial charge on any atom is 0.337 e. The highest BCUT2D eigenvalue weighted by Gasteiger charge is 2.23. The summed E-state index contributed by atoms with van der Waals surface area (Å²) in [6, 6.07) is 2.10. The first-order valence-electron chi connectivity index (χ1n) is 6.81. The lowest BCUT2D eigenvalue weighted by Gasteiger charge is -2.14. The number of nitrogens with zero attached hydrogens (tertiary/aromatic N) is 3. The average molecular weight is 259 g/mol. The van der Waals surface area contributed by atoms with Crippen LogP contribution in [0.3, 0.4) is 0 Å². The molecule has 0 spiro atoms. The number of imidazole rings is 1. The van der Waals surface area contributed by atoms with Gasteiger partial charge in [0.25, 0.3) is 0 Å². The number of carbonyl (C=O) groups is 1. The molecule has 5 heteroatoms. The van der Waals surface area contributed by atoms with E-state index in [1.165, 1.54) is 31.9 Å². The standard InChI is InChI=1S/C14H17N3O2/c1-2-12-16-11-7-9(14(18)19)8-15-13(11)17(12)10-5-3-4-6-10/h7-8,10H,2-6H2,1H3,(H,18,19). The highest BCUT2D eigenvalue weighted by molar-refractivity contribution is 5.90. The number of aryl methyl sites for hydroxylation is 1. The Balaban J connectivity index is 2.16. The Morgan fingerprint density at radius 1 is 1.47 bits per heavy atom. The molecule has 2 heterocycles. The minimum Gasteiger partial charge on any atom is -0.478 e. The van der Waals surface area contributed by atoms with E-state index in [1.807, 2.05) is 0 Å². The molecule has 0 atom stereocenters. The van der Waals surface area contributed by atoms with E-state index in [9.17, 15) is 4.79 Å². The van der Waals surface area contributed by atoms with Crippen LogP contribution in [0.5, 0.6) is 0 Å². The lowest BCUT2D eigenvalue weighted by Crippen LogP contribution is -2.09. The molecule has 100 valence electrons. The van der Waals surface area contributed by atoms with Gasteiger partial charge in [-0.2, -0.15) is 0 Å². The first kappa shape index (κ1) is 12.1. The van der Waals surface area contributed by atoms with Gasteiger partial charge in [-0.3, -0.25) is 0 Å². The van der Waals surface area contributed by atoms with Gasteiger partial charge < -0.3 is 9.67 Å². The molecule has 2 aromatic rings. The molecule has 19 heavy (non-hydrogen) atoms. The maximum atomic E-state index is 11.0. The number of carboxylic acids is 1. The van der Waals surface area contributed by atoms with Crippen LogP contribution < -0.4 is 0 Å². The number of hydrogen-bond donors (Lipinski definition) is 1. The number of fused-ring (bicyclic) bond motifs is 1. The van der Waals surface area contributed by atoms with E-state index in [-0.39, 0.29) is 5.56 Å². The quantitative estimate of drug-likeness (QED) is 0.920. The van der Waals surface area contributed by atoms with Crippen LogP contribution in [0.4, 0.5) is 0 Å². The third-order valence-corrected chi connectivity index (χ3v) is 3.86. The van der Waals surface area contributed by atoms with Gasteiger partial charge in [-0.15, -0.1) is 0 Å². The molecule has 0 bridgehead atoms. The van der Waals surface area contributed by atoms with E-state index < -0.39 is 5.97 Å². The molecule has 0 unspecified atom stereocenters. The third-order valence-electron chi connectivity index (χ3n) is 3.86. The van der Waals surface area contributed by atoms with Crippen LogP contribution in [0.1, 0.15) is 54.8 Å². The maximum absolute atomic E-state index is 11.0. The molecule has 0 saturated heterocycles. The third kappa shape index (κ3) is 1.99. The molecule has 1 aliphatic rings. The van der Waals surface area contributed by atoms with Crippen LogP contribution in [-0.2, 0) is 6.42 Å². The van der Waals surface area contributed by atoms with Crippen LogP contribution in [0.15, 0.2) is 12.3 Å². The Hall–Kier alpha value is -1.91. The van der Waals surface area contributed by atoms with Crippen LogP contribution in [0.2, 0.25) is 0 Å². The lowest BCUT2D eigenvalue weighted by atomic mass is 10.2. The fourth-order valence-electron chi connectivity index (χ4n) is 2.94. The van der Waals surface area contributed by atoms with Crippen molar-refractivity contribution in [1.29, 1.82) is 0 Å². The summed E-state index contributed by atoms with van der Waals surface area (Å²) in [5.41, 5.74) is 1.73. The van der Waals surface area contributed by atoms with Gasteiger partial charge in [0.1, 0.15) is 11.3 Å². The van der Waals surface area contributed by atoms with E-state index in [1.54, 1.807) is 6.07 Å². The zero-order valence-electron chi connectivity index (χ0n) is 11.0. The molecule has 1 saturated carbocycles. The second kappa shape index (κ2) is 4.64. The van der Waals surface area contributed by atoms with Gasteiger partial charge in [0, 0.05) is 18.7 Å². The molecule has 2 aromatic heterocycles. The average Bonchev–Trinajstić information content (AvgIpc) is 3.03. The van der Waals surface area contributed by atoms with E-state index in [0.29, 0.717) is 11.6 Å². The predicted molar refractivity (Wildman–Crippen MR) is 71.4 cm³/mol. The molecular formula is C14H17N3O2. The van der Waals surface area contributed by atoms with E-state index in [4.69, 9.17) is 5.11 Å². The second-order valence-electron chi connectivity index (χ2n) is 5.06. The summed E-state index contributed by atoms with van der Waals surface area (Å²) in [7, 11) is 0. The minimum atomic E-state index is -0.956. The van der Waals surface area contributed by atoms with Crippen LogP contribution in [0, 0.1) is 0 Å². The highest BCUT2D eigenvalue weighted by Crippen LogP contribution is 2.33.